The second-order valence-electron chi connectivity index (χ2n) is 5.62. The van der Waals surface area contributed by atoms with E-state index in [0.29, 0.717) is 12.5 Å². The lowest BCUT2D eigenvalue weighted by Gasteiger charge is -2.27. The predicted octanol–water partition coefficient (Wildman–Crippen LogP) is 3.12. The van der Waals surface area contributed by atoms with Crippen LogP contribution in [0.25, 0.3) is 0 Å². The molecule has 1 aromatic rings. The first-order chi connectivity index (χ1) is 10.2. The number of nitrogens with one attached hydrogen (secondary N) is 2. The molecular formula is C17H26N2O2. The summed E-state index contributed by atoms with van der Waals surface area (Å²) in [7, 11) is 1.99. The molecule has 4 heteroatoms. The number of ether oxygens (including phenoxy) is 1. The maximum Gasteiger partial charge on any atom is 0.224 e. The lowest BCUT2D eigenvalue weighted by molar-refractivity contribution is -0.116. The summed E-state index contributed by atoms with van der Waals surface area (Å²) >= 11 is 0. The fraction of sp³-hybridized carbons (Fsp3) is 0.588. The molecule has 0 bridgehead atoms. The molecule has 0 aromatic heterocycles. The Balaban J connectivity index is 2.09. The number of benzene rings is 1. The summed E-state index contributed by atoms with van der Waals surface area (Å²) in [5, 5.41) is 6.26. The van der Waals surface area contributed by atoms with Gasteiger partial charge in [-0.2, -0.15) is 0 Å². The van der Waals surface area contributed by atoms with Crippen LogP contribution < -0.4 is 15.4 Å². The molecular weight excluding hydrogens is 264 g/mol. The lowest BCUT2D eigenvalue weighted by atomic mass is 10.0. The van der Waals surface area contributed by atoms with E-state index in [1.807, 2.05) is 19.2 Å². The highest BCUT2D eigenvalue weighted by Gasteiger charge is 2.20. The molecule has 21 heavy (non-hydrogen) atoms. The summed E-state index contributed by atoms with van der Waals surface area (Å²) in [6.45, 7) is 4.35. The van der Waals surface area contributed by atoms with Gasteiger partial charge in [0, 0.05) is 18.2 Å². The zero-order valence-corrected chi connectivity index (χ0v) is 13.2. The first-order valence-electron chi connectivity index (χ1n) is 7.94. The number of likely N-dealkylation sites (N-methyl/N-ethyl adjacent to an activating group) is 1. The molecule has 0 radical (unpaired) electrons. The topological polar surface area (TPSA) is 50.4 Å². The zero-order valence-electron chi connectivity index (χ0n) is 13.2. The van der Waals surface area contributed by atoms with Crippen LogP contribution in [0.1, 0.15) is 45.1 Å². The minimum Gasteiger partial charge on any atom is -0.489 e. The molecule has 4 nitrogen and oxygen atoms in total. The Kier molecular flexibility index (Phi) is 5.62. The van der Waals surface area contributed by atoms with Gasteiger partial charge in [-0.3, -0.25) is 4.79 Å². The van der Waals surface area contributed by atoms with Gasteiger partial charge < -0.3 is 15.4 Å². The maximum atomic E-state index is 11.4. The van der Waals surface area contributed by atoms with Crippen LogP contribution in [-0.4, -0.2) is 25.1 Å². The van der Waals surface area contributed by atoms with Gasteiger partial charge in [0.1, 0.15) is 11.9 Å². The van der Waals surface area contributed by atoms with Gasteiger partial charge in [0.25, 0.3) is 0 Å². The second-order valence-corrected chi connectivity index (χ2v) is 5.62. The van der Waals surface area contributed by atoms with Gasteiger partial charge in [0.15, 0.2) is 0 Å². The minimum atomic E-state index is 0.0980. The Hall–Kier alpha value is -1.55. The molecule has 2 rings (SSSR count). The van der Waals surface area contributed by atoms with E-state index < -0.39 is 0 Å². The van der Waals surface area contributed by atoms with Crippen molar-refractivity contribution in [3.8, 4) is 5.75 Å². The number of rotatable bonds is 7. The Morgan fingerprint density at radius 1 is 1.33 bits per heavy atom. The van der Waals surface area contributed by atoms with Gasteiger partial charge in [-0.25, -0.2) is 0 Å². The van der Waals surface area contributed by atoms with Crippen LogP contribution >= 0.6 is 0 Å². The monoisotopic (exact) mass is 290 g/mol. The minimum absolute atomic E-state index is 0.0980. The van der Waals surface area contributed by atoms with Gasteiger partial charge in [-0.15, -0.1) is 0 Å². The Bertz CT molecular complexity index is 488. The molecule has 1 heterocycles. The average Bonchev–Trinajstić information content (AvgIpc) is 2.50. The van der Waals surface area contributed by atoms with E-state index in [4.69, 9.17) is 4.74 Å². The third kappa shape index (κ3) is 3.97. The first kappa shape index (κ1) is 15.8. The van der Waals surface area contributed by atoms with Crippen molar-refractivity contribution < 1.29 is 9.53 Å². The highest BCUT2D eigenvalue weighted by atomic mass is 16.5. The number of carbonyl (C=O) groups is 1. The smallest absolute Gasteiger partial charge is 0.224 e. The fourth-order valence-corrected chi connectivity index (χ4v) is 2.88. The van der Waals surface area contributed by atoms with E-state index >= 15 is 0 Å². The van der Waals surface area contributed by atoms with Crippen molar-refractivity contribution in [3.05, 3.63) is 23.8 Å². The van der Waals surface area contributed by atoms with Crippen LogP contribution in [0, 0.1) is 0 Å². The van der Waals surface area contributed by atoms with Crippen molar-refractivity contribution in [1.82, 2.24) is 5.32 Å². The van der Waals surface area contributed by atoms with Crippen molar-refractivity contribution in [3.63, 3.8) is 0 Å². The molecule has 0 spiro atoms. The summed E-state index contributed by atoms with van der Waals surface area (Å²) in [5.74, 6) is 0.994. The summed E-state index contributed by atoms with van der Waals surface area (Å²) in [4.78, 5) is 11.4. The normalized spacial score (nSPS) is 16.8. The van der Waals surface area contributed by atoms with Crippen LogP contribution in [0.15, 0.2) is 18.2 Å². The second kappa shape index (κ2) is 7.46. The Morgan fingerprint density at radius 3 is 2.81 bits per heavy atom. The van der Waals surface area contributed by atoms with Gasteiger partial charge in [-0.1, -0.05) is 20.3 Å². The molecule has 0 aliphatic carbocycles. The van der Waals surface area contributed by atoms with E-state index in [1.54, 1.807) is 0 Å². The summed E-state index contributed by atoms with van der Waals surface area (Å²) in [6, 6.07) is 6.33. The number of hydrogen-bond acceptors (Lipinski definition) is 3. The zero-order chi connectivity index (χ0) is 15.2. The molecule has 1 amide bonds. The third-order valence-electron chi connectivity index (χ3n) is 4.08. The SMILES string of the molecule is CCCC(NC)C(CC)Oc1ccc2c(c1)CCC(=O)N2. The van der Waals surface area contributed by atoms with Crippen molar-refractivity contribution in [1.29, 1.82) is 0 Å². The number of amides is 1. The molecule has 0 saturated carbocycles. The highest BCUT2D eigenvalue weighted by Crippen LogP contribution is 2.28. The molecule has 1 aliphatic rings. The molecule has 0 saturated heterocycles. The van der Waals surface area contributed by atoms with E-state index in [-0.39, 0.29) is 12.0 Å². The van der Waals surface area contributed by atoms with E-state index in [2.05, 4.69) is 30.5 Å². The average molecular weight is 290 g/mol. The molecule has 1 aliphatic heterocycles. The van der Waals surface area contributed by atoms with Crippen molar-refractivity contribution in [2.45, 2.75) is 58.1 Å². The van der Waals surface area contributed by atoms with Crippen molar-refractivity contribution in [2.75, 3.05) is 12.4 Å². The number of carbonyl (C=O) groups excluding carboxylic acids is 1. The fourth-order valence-electron chi connectivity index (χ4n) is 2.88. The number of aryl methyl sites for hydroxylation is 1. The molecule has 2 N–H and O–H groups in total. The van der Waals surface area contributed by atoms with E-state index in [1.165, 1.54) is 5.56 Å². The van der Waals surface area contributed by atoms with Gasteiger partial charge in [0.05, 0.1) is 0 Å². The van der Waals surface area contributed by atoms with Gasteiger partial charge >= 0.3 is 0 Å². The lowest BCUT2D eigenvalue weighted by Crippen LogP contribution is -2.40. The summed E-state index contributed by atoms with van der Waals surface area (Å²) in [5.41, 5.74) is 2.09. The highest BCUT2D eigenvalue weighted by molar-refractivity contribution is 5.93. The summed E-state index contributed by atoms with van der Waals surface area (Å²) in [6.07, 6.45) is 4.74. The third-order valence-corrected chi connectivity index (χ3v) is 4.08. The Labute approximate surface area is 127 Å². The number of anilines is 1. The largest absolute Gasteiger partial charge is 0.489 e. The predicted molar refractivity (Wildman–Crippen MR) is 85.9 cm³/mol. The van der Waals surface area contributed by atoms with Crippen molar-refractivity contribution >= 4 is 11.6 Å². The first-order valence-corrected chi connectivity index (χ1v) is 7.94. The maximum absolute atomic E-state index is 11.4. The number of hydrogen-bond donors (Lipinski definition) is 2. The van der Waals surface area contributed by atoms with Crippen molar-refractivity contribution in [2.24, 2.45) is 0 Å². The molecule has 116 valence electrons. The quantitative estimate of drug-likeness (QED) is 0.811. The standard InChI is InChI=1S/C17H26N2O2/c1-4-6-15(18-3)16(5-2)21-13-8-9-14-12(11-13)7-10-17(20)19-14/h8-9,11,15-16,18H,4-7,10H2,1-3H3,(H,19,20). The molecule has 2 atom stereocenters. The number of fused-ring (bicyclic) bond motifs is 1. The van der Waals surface area contributed by atoms with E-state index in [9.17, 15) is 4.79 Å². The van der Waals surface area contributed by atoms with Gasteiger partial charge in [0.2, 0.25) is 5.91 Å². The van der Waals surface area contributed by atoms with Crippen LogP contribution in [0.2, 0.25) is 0 Å². The molecule has 1 aromatic carbocycles. The van der Waals surface area contributed by atoms with Crippen LogP contribution in [0.5, 0.6) is 5.75 Å². The van der Waals surface area contributed by atoms with Crippen LogP contribution in [0.3, 0.4) is 0 Å². The molecule has 0 fully saturated rings. The van der Waals surface area contributed by atoms with Gasteiger partial charge in [-0.05, 0) is 50.1 Å². The summed E-state index contributed by atoms with van der Waals surface area (Å²) < 4.78 is 6.19. The van der Waals surface area contributed by atoms with Crippen LogP contribution in [0.4, 0.5) is 5.69 Å². The van der Waals surface area contributed by atoms with E-state index in [0.717, 1.165) is 37.1 Å². The molecule has 2 unspecified atom stereocenters. The Morgan fingerprint density at radius 2 is 2.14 bits per heavy atom. The van der Waals surface area contributed by atoms with Crippen LogP contribution in [-0.2, 0) is 11.2 Å².